The zero-order valence-electron chi connectivity index (χ0n) is 20.6. The summed E-state index contributed by atoms with van der Waals surface area (Å²) in [6, 6.07) is 22.9. The Hall–Kier alpha value is -3.50. The summed E-state index contributed by atoms with van der Waals surface area (Å²) < 4.78 is 0. The second kappa shape index (κ2) is 9.18. The summed E-state index contributed by atoms with van der Waals surface area (Å²) in [6.07, 6.45) is 12.7. The molecule has 2 fully saturated rings. The van der Waals surface area contributed by atoms with E-state index in [2.05, 4.69) is 77.2 Å². The summed E-state index contributed by atoms with van der Waals surface area (Å²) in [5, 5.41) is 6.09. The van der Waals surface area contributed by atoms with Crippen LogP contribution in [0.15, 0.2) is 78.1 Å². The third-order valence-electron chi connectivity index (χ3n) is 8.30. The first-order chi connectivity index (χ1) is 17.8. The fourth-order valence-corrected chi connectivity index (χ4v) is 6.17. The molecule has 1 aromatic heterocycles. The maximum Gasteiger partial charge on any atom is 0.109 e. The second-order valence-corrected chi connectivity index (χ2v) is 10.6. The van der Waals surface area contributed by atoms with Crippen LogP contribution >= 0.6 is 0 Å². The molecule has 0 spiro atoms. The van der Waals surface area contributed by atoms with Crippen LogP contribution in [0.25, 0.3) is 38.7 Å². The van der Waals surface area contributed by atoms with E-state index in [4.69, 9.17) is 9.98 Å². The zero-order chi connectivity index (χ0) is 23.9. The molecule has 3 aliphatic rings. The highest BCUT2D eigenvalue weighted by Gasteiger charge is 2.24. The quantitative estimate of drug-likeness (QED) is 0.316. The molecule has 7 rings (SSSR count). The first kappa shape index (κ1) is 21.8. The minimum Gasteiger partial charge on any atom is -0.342 e. The number of hydrogen-bond donors (Lipinski definition) is 2. The molecule has 0 amide bonds. The summed E-state index contributed by atoms with van der Waals surface area (Å²) in [7, 11) is 0. The van der Waals surface area contributed by atoms with Crippen LogP contribution in [0.4, 0.5) is 0 Å². The number of aromatic amines is 1. The highest BCUT2D eigenvalue weighted by molar-refractivity contribution is 6.01. The number of H-pyrrole nitrogens is 1. The maximum absolute atomic E-state index is 4.73. The SMILES string of the molecule is C1=C(c2ccc(-c3ccc4cc(-c5cnc(C6CCCC6)[nH]5)ccc4c3)cc2)CC([C@@H]2CCCN2)=N1. The van der Waals surface area contributed by atoms with Crippen LogP contribution in [0.3, 0.4) is 0 Å². The number of aliphatic imine (C=N–C) groups is 1. The molecule has 1 saturated heterocycles. The molecule has 4 aromatic rings. The summed E-state index contributed by atoms with van der Waals surface area (Å²) in [4.78, 5) is 13.0. The Balaban J connectivity index is 1.08. The van der Waals surface area contributed by atoms with Crippen molar-refractivity contribution in [2.75, 3.05) is 6.54 Å². The standard InChI is InChI=1S/C32H32N4/c1-2-5-23(4-1)32-35-20-31(36-32)27-14-13-25-16-24(11-12-26(25)17-27)21-7-9-22(10-8-21)28-18-30(34-19-28)29-6-3-15-33-29/h7-14,16-17,19-20,23,29,33H,1-6,15,18H2,(H,35,36)/t29-/m0/s1. The van der Waals surface area contributed by atoms with Gasteiger partial charge in [0.2, 0.25) is 0 Å². The molecular weight excluding hydrogens is 440 g/mol. The van der Waals surface area contributed by atoms with Crippen molar-refractivity contribution in [2.45, 2.75) is 56.9 Å². The van der Waals surface area contributed by atoms with Gasteiger partial charge in [-0.1, -0.05) is 61.4 Å². The van der Waals surface area contributed by atoms with Gasteiger partial charge in [0.05, 0.1) is 11.9 Å². The predicted octanol–water partition coefficient (Wildman–Crippen LogP) is 7.49. The average Bonchev–Trinajstić information content (AvgIpc) is 3.75. The summed E-state index contributed by atoms with van der Waals surface area (Å²) in [6.45, 7) is 1.12. The van der Waals surface area contributed by atoms with Crippen molar-refractivity contribution in [3.05, 3.63) is 84.4 Å². The molecule has 4 nitrogen and oxygen atoms in total. The Kier molecular flexibility index (Phi) is 5.55. The Bertz CT molecular complexity index is 1460. The highest BCUT2D eigenvalue weighted by Crippen LogP contribution is 2.34. The molecule has 0 unspecified atom stereocenters. The second-order valence-electron chi connectivity index (χ2n) is 10.6. The predicted molar refractivity (Wildman–Crippen MR) is 149 cm³/mol. The van der Waals surface area contributed by atoms with Crippen LogP contribution in [0.2, 0.25) is 0 Å². The lowest BCUT2D eigenvalue weighted by Crippen LogP contribution is -2.29. The van der Waals surface area contributed by atoms with Crippen molar-refractivity contribution in [1.82, 2.24) is 15.3 Å². The number of allylic oxidation sites excluding steroid dienone is 1. The van der Waals surface area contributed by atoms with E-state index in [9.17, 15) is 0 Å². The largest absolute Gasteiger partial charge is 0.342 e. The summed E-state index contributed by atoms with van der Waals surface area (Å²) >= 11 is 0. The van der Waals surface area contributed by atoms with Crippen molar-refractivity contribution in [3.8, 4) is 22.4 Å². The summed E-state index contributed by atoms with van der Waals surface area (Å²) in [5.74, 6) is 1.77. The van der Waals surface area contributed by atoms with Gasteiger partial charge in [-0.05, 0) is 77.4 Å². The third kappa shape index (κ3) is 4.10. The number of nitrogens with zero attached hydrogens (tertiary/aromatic N) is 2. The molecule has 2 N–H and O–H groups in total. The molecule has 0 bridgehead atoms. The van der Waals surface area contributed by atoms with E-state index in [0.29, 0.717) is 12.0 Å². The van der Waals surface area contributed by atoms with Gasteiger partial charge >= 0.3 is 0 Å². The van der Waals surface area contributed by atoms with Crippen LogP contribution < -0.4 is 5.32 Å². The van der Waals surface area contributed by atoms with E-state index < -0.39 is 0 Å². The van der Waals surface area contributed by atoms with Gasteiger partial charge in [-0.25, -0.2) is 4.98 Å². The van der Waals surface area contributed by atoms with Crippen LogP contribution in [-0.4, -0.2) is 28.3 Å². The number of benzene rings is 3. The molecule has 1 atom stereocenters. The van der Waals surface area contributed by atoms with E-state index >= 15 is 0 Å². The Morgan fingerprint density at radius 1 is 0.722 bits per heavy atom. The molecule has 2 aliphatic heterocycles. The van der Waals surface area contributed by atoms with Crippen molar-refractivity contribution in [3.63, 3.8) is 0 Å². The van der Waals surface area contributed by atoms with Crippen LogP contribution in [0.5, 0.6) is 0 Å². The maximum atomic E-state index is 4.73. The third-order valence-corrected chi connectivity index (χ3v) is 8.30. The number of rotatable bonds is 5. The van der Waals surface area contributed by atoms with Gasteiger partial charge in [0.1, 0.15) is 5.82 Å². The molecule has 1 aliphatic carbocycles. The smallest absolute Gasteiger partial charge is 0.109 e. The van der Waals surface area contributed by atoms with Crippen molar-refractivity contribution < 1.29 is 0 Å². The van der Waals surface area contributed by atoms with Gasteiger partial charge < -0.3 is 10.3 Å². The van der Waals surface area contributed by atoms with Gasteiger partial charge in [-0.3, -0.25) is 4.99 Å². The van der Waals surface area contributed by atoms with E-state index in [-0.39, 0.29) is 0 Å². The number of aromatic nitrogens is 2. The monoisotopic (exact) mass is 472 g/mol. The fourth-order valence-electron chi connectivity index (χ4n) is 6.17. The number of hydrogen-bond acceptors (Lipinski definition) is 3. The molecule has 3 aromatic carbocycles. The van der Waals surface area contributed by atoms with Crippen LogP contribution in [-0.2, 0) is 0 Å². The van der Waals surface area contributed by atoms with Crippen LogP contribution in [0.1, 0.15) is 62.3 Å². The molecule has 4 heteroatoms. The topological polar surface area (TPSA) is 53.1 Å². The first-order valence-electron chi connectivity index (χ1n) is 13.5. The Morgan fingerprint density at radius 3 is 2.22 bits per heavy atom. The fraction of sp³-hybridized carbons (Fsp3) is 0.312. The van der Waals surface area contributed by atoms with Gasteiger partial charge in [0.25, 0.3) is 0 Å². The van der Waals surface area contributed by atoms with Crippen LogP contribution in [0, 0.1) is 0 Å². The Labute approximate surface area is 212 Å². The van der Waals surface area contributed by atoms with Gasteiger partial charge in [-0.15, -0.1) is 0 Å². The van der Waals surface area contributed by atoms with Gasteiger partial charge in [0.15, 0.2) is 0 Å². The van der Waals surface area contributed by atoms with Crippen molar-refractivity contribution >= 4 is 22.1 Å². The number of nitrogens with one attached hydrogen (secondary N) is 2. The van der Waals surface area contributed by atoms with E-state index in [1.165, 1.54) is 82.8 Å². The molecule has 180 valence electrons. The molecule has 0 radical (unpaired) electrons. The highest BCUT2D eigenvalue weighted by atomic mass is 15.0. The minimum absolute atomic E-state index is 0.471. The van der Waals surface area contributed by atoms with Crippen molar-refractivity contribution in [2.24, 2.45) is 4.99 Å². The van der Waals surface area contributed by atoms with E-state index in [1.807, 2.05) is 6.20 Å². The lowest BCUT2D eigenvalue weighted by molar-refractivity contribution is 0.679. The minimum atomic E-state index is 0.471. The number of imidazole rings is 1. The lowest BCUT2D eigenvalue weighted by atomic mass is 9.95. The lowest BCUT2D eigenvalue weighted by Gasteiger charge is -2.11. The molecule has 1 saturated carbocycles. The zero-order valence-corrected chi connectivity index (χ0v) is 20.6. The summed E-state index contributed by atoms with van der Waals surface area (Å²) in [5.41, 5.74) is 8.72. The average molecular weight is 473 g/mol. The molecule has 36 heavy (non-hydrogen) atoms. The van der Waals surface area contributed by atoms with E-state index in [0.717, 1.165) is 24.5 Å². The van der Waals surface area contributed by atoms with Gasteiger partial charge in [-0.2, -0.15) is 0 Å². The Morgan fingerprint density at radius 2 is 1.44 bits per heavy atom. The number of fused-ring (bicyclic) bond motifs is 1. The first-order valence-corrected chi connectivity index (χ1v) is 13.5. The van der Waals surface area contributed by atoms with Gasteiger partial charge in [0, 0.05) is 35.9 Å². The molecular formula is C32H32N4. The normalized spacial score (nSPS) is 20.3. The van der Waals surface area contributed by atoms with Crippen molar-refractivity contribution in [1.29, 1.82) is 0 Å². The molecule has 3 heterocycles. The van der Waals surface area contributed by atoms with E-state index in [1.54, 1.807) is 0 Å².